The molecule has 2 heterocycles. The summed E-state index contributed by atoms with van der Waals surface area (Å²) in [6.07, 6.45) is 0.844. The van der Waals surface area contributed by atoms with Crippen LogP contribution in [0.15, 0.2) is 48.5 Å². The van der Waals surface area contributed by atoms with Gasteiger partial charge in [0.05, 0.1) is 0 Å². The van der Waals surface area contributed by atoms with Gasteiger partial charge in [-0.3, -0.25) is 4.79 Å². The highest BCUT2D eigenvalue weighted by atomic mass is 35.5. The van der Waals surface area contributed by atoms with Crippen LogP contribution in [0, 0.1) is 0 Å². The number of aromatic amines is 1. The Morgan fingerprint density at radius 3 is 2.79 bits per heavy atom. The molecule has 4 rings (SSSR count). The third-order valence-corrected chi connectivity index (χ3v) is 4.66. The summed E-state index contributed by atoms with van der Waals surface area (Å²) < 4.78 is 5.58. The number of nitrogens with zero attached hydrogens (tertiary/aromatic N) is 1. The van der Waals surface area contributed by atoms with E-state index < -0.39 is 0 Å². The van der Waals surface area contributed by atoms with Gasteiger partial charge in [0, 0.05) is 46.7 Å². The molecule has 24 heavy (non-hydrogen) atoms. The van der Waals surface area contributed by atoms with Crippen LogP contribution in [-0.2, 0) is 17.8 Å². The van der Waals surface area contributed by atoms with Gasteiger partial charge < -0.3 is 14.6 Å². The van der Waals surface area contributed by atoms with Crippen LogP contribution in [0.25, 0.3) is 10.9 Å². The fourth-order valence-electron chi connectivity index (χ4n) is 3.15. The number of benzene rings is 2. The van der Waals surface area contributed by atoms with E-state index >= 15 is 0 Å². The van der Waals surface area contributed by atoms with Crippen molar-refractivity contribution in [3.63, 3.8) is 0 Å². The van der Waals surface area contributed by atoms with Crippen LogP contribution in [0.1, 0.15) is 11.3 Å². The second kappa shape index (κ2) is 6.21. The summed E-state index contributed by atoms with van der Waals surface area (Å²) in [5.41, 5.74) is 3.59. The van der Waals surface area contributed by atoms with E-state index in [-0.39, 0.29) is 12.5 Å². The first-order valence-corrected chi connectivity index (χ1v) is 8.33. The molecule has 5 heteroatoms. The highest BCUT2D eigenvalue weighted by molar-refractivity contribution is 6.30. The summed E-state index contributed by atoms with van der Waals surface area (Å²) in [5.74, 6) is 0.651. The normalized spacial score (nSPS) is 13.8. The summed E-state index contributed by atoms with van der Waals surface area (Å²) in [6.45, 7) is 1.38. The van der Waals surface area contributed by atoms with E-state index in [0.29, 0.717) is 23.9 Å². The maximum atomic E-state index is 12.5. The SMILES string of the molecule is O=C(COc1ccc(Cl)cc1)N1CCc2[nH]c3ccccc3c2C1. The Bertz CT molecular complexity index is 886. The molecule has 0 aliphatic carbocycles. The van der Waals surface area contributed by atoms with E-state index in [1.54, 1.807) is 24.3 Å². The first-order valence-electron chi connectivity index (χ1n) is 7.95. The molecule has 1 amide bonds. The molecule has 122 valence electrons. The number of hydrogen-bond donors (Lipinski definition) is 1. The smallest absolute Gasteiger partial charge is 0.260 e. The van der Waals surface area contributed by atoms with Gasteiger partial charge in [0.15, 0.2) is 6.61 Å². The number of halogens is 1. The van der Waals surface area contributed by atoms with Crippen LogP contribution in [0.5, 0.6) is 5.75 Å². The van der Waals surface area contributed by atoms with E-state index in [4.69, 9.17) is 16.3 Å². The van der Waals surface area contributed by atoms with E-state index in [2.05, 4.69) is 17.1 Å². The summed E-state index contributed by atoms with van der Waals surface area (Å²) in [4.78, 5) is 17.8. The minimum absolute atomic E-state index is 0.000816. The second-order valence-electron chi connectivity index (χ2n) is 5.94. The average Bonchev–Trinajstić information content (AvgIpc) is 2.99. The van der Waals surface area contributed by atoms with Gasteiger partial charge in [-0.2, -0.15) is 0 Å². The Balaban J connectivity index is 1.45. The summed E-state index contributed by atoms with van der Waals surface area (Å²) in [6, 6.07) is 15.3. The van der Waals surface area contributed by atoms with Crippen molar-refractivity contribution in [2.75, 3.05) is 13.2 Å². The van der Waals surface area contributed by atoms with Gasteiger partial charge in [0.25, 0.3) is 5.91 Å². The van der Waals surface area contributed by atoms with E-state index in [1.807, 2.05) is 17.0 Å². The highest BCUT2D eigenvalue weighted by Crippen LogP contribution is 2.27. The van der Waals surface area contributed by atoms with Crippen LogP contribution in [0.4, 0.5) is 0 Å². The molecule has 1 aromatic heterocycles. The van der Waals surface area contributed by atoms with Crippen molar-refractivity contribution in [2.45, 2.75) is 13.0 Å². The lowest BCUT2D eigenvalue weighted by atomic mass is 10.0. The fourth-order valence-corrected chi connectivity index (χ4v) is 3.27. The molecule has 0 fully saturated rings. The third kappa shape index (κ3) is 2.85. The molecule has 3 aromatic rings. The standard InChI is InChI=1S/C19H17ClN2O2/c20-13-5-7-14(8-6-13)24-12-19(23)22-10-9-18-16(11-22)15-3-1-2-4-17(15)21-18/h1-8,21H,9-12H2. The Kier molecular flexibility index (Phi) is 3.90. The van der Waals surface area contributed by atoms with Crippen molar-refractivity contribution in [3.8, 4) is 5.75 Å². The van der Waals surface area contributed by atoms with Gasteiger partial charge in [0.2, 0.25) is 0 Å². The Morgan fingerprint density at radius 2 is 1.96 bits per heavy atom. The van der Waals surface area contributed by atoms with Gasteiger partial charge in [-0.25, -0.2) is 0 Å². The van der Waals surface area contributed by atoms with Crippen LogP contribution < -0.4 is 4.74 Å². The lowest BCUT2D eigenvalue weighted by Gasteiger charge is -2.27. The molecule has 0 bridgehead atoms. The van der Waals surface area contributed by atoms with Crippen molar-refractivity contribution in [1.29, 1.82) is 0 Å². The number of carbonyl (C=O) groups is 1. The molecule has 0 saturated carbocycles. The minimum atomic E-state index is 0.000816. The molecule has 4 nitrogen and oxygen atoms in total. The van der Waals surface area contributed by atoms with Crippen LogP contribution >= 0.6 is 11.6 Å². The van der Waals surface area contributed by atoms with Crippen molar-refractivity contribution < 1.29 is 9.53 Å². The van der Waals surface area contributed by atoms with Crippen LogP contribution in [0.2, 0.25) is 5.02 Å². The summed E-state index contributed by atoms with van der Waals surface area (Å²) >= 11 is 5.85. The van der Waals surface area contributed by atoms with Gasteiger partial charge in [-0.1, -0.05) is 29.8 Å². The van der Waals surface area contributed by atoms with Crippen molar-refractivity contribution >= 4 is 28.4 Å². The minimum Gasteiger partial charge on any atom is -0.484 e. The van der Waals surface area contributed by atoms with Gasteiger partial charge in [-0.15, -0.1) is 0 Å². The van der Waals surface area contributed by atoms with Crippen molar-refractivity contribution in [3.05, 3.63) is 64.8 Å². The maximum absolute atomic E-state index is 12.5. The predicted octanol–water partition coefficient (Wildman–Crippen LogP) is 3.79. The van der Waals surface area contributed by atoms with Crippen molar-refractivity contribution in [1.82, 2.24) is 9.88 Å². The monoisotopic (exact) mass is 340 g/mol. The quantitative estimate of drug-likeness (QED) is 0.788. The summed E-state index contributed by atoms with van der Waals surface area (Å²) in [5, 5.41) is 1.85. The molecule has 1 aliphatic rings. The number of para-hydroxylation sites is 1. The largest absolute Gasteiger partial charge is 0.484 e. The molecule has 2 aromatic carbocycles. The molecule has 0 spiro atoms. The number of amides is 1. The van der Waals surface area contributed by atoms with E-state index in [1.165, 1.54) is 16.6 Å². The highest BCUT2D eigenvalue weighted by Gasteiger charge is 2.24. The summed E-state index contributed by atoms with van der Waals surface area (Å²) in [7, 11) is 0. The second-order valence-corrected chi connectivity index (χ2v) is 6.37. The molecule has 0 atom stereocenters. The van der Waals surface area contributed by atoms with Gasteiger partial charge in [0.1, 0.15) is 5.75 Å². The molecule has 0 unspecified atom stereocenters. The molecule has 0 radical (unpaired) electrons. The van der Waals surface area contributed by atoms with Crippen molar-refractivity contribution in [2.24, 2.45) is 0 Å². The average molecular weight is 341 g/mol. The number of carbonyl (C=O) groups excluding carboxylic acids is 1. The van der Waals surface area contributed by atoms with Gasteiger partial charge >= 0.3 is 0 Å². The Morgan fingerprint density at radius 1 is 1.17 bits per heavy atom. The van der Waals surface area contributed by atoms with E-state index in [9.17, 15) is 4.79 Å². The number of ether oxygens (including phenoxy) is 1. The molecular formula is C19H17ClN2O2. The lowest BCUT2D eigenvalue weighted by molar-refractivity contribution is -0.134. The first-order chi connectivity index (χ1) is 11.7. The first kappa shape index (κ1) is 15.1. The maximum Gasteiger partial charge on any atom is 0.260 e. The molecule has 1 N–H and O–H groups in total. The Hall–Kier alpha value is -2.46. The topological polar surface area (TPSA) is 45.3 Å². The predicted molar refractivity (Wildman–Crippen MR) is 94.4 cm³/mol. The Labute approximate surface area is 145 Å². The molecular weight excluding hydrogens is 324 g/mol. The number of fused-ring (bicyclic) bond motifs is 3. The molecule has 1 aliphatic heterocycles. The zero-order chi connectivity index (χ0) is 16.5. The fraction of sp³-hybridized carbons (Fsp3) is 0.211. The number of aromatic nitrogens is 1. The number of H-pyrrole nitrogens is 1. The van der Waals surface area contributed by atoms with Crippen LogP contribution in [0.3, 0.4) is 0 Å². The number of nitrogens with one attached hydrogen (secondary N) is 1. The van der Waals surface area contributed by atoms with Crippen LogP contribution in [-0.4, -0.2) is 28.9 Å². The zero-order valence-corrected chi connectivity index (χ0v) is 13.8. The third-order valence-electron chi connectivity index (χ3n) is 4.41. The van der Waals surface area contributed by atoms with Gasteiger partial charge in [-0.05, 0) is 30.3 Å². The van der Waals surface area contributed by atoms with E-state index in [0.717, 1.165) is 11.9 Å². The number of hydrogen-bond acceptors (Lipinski definition) is 2. The number of rotatable bonds is 3. The zero-order valence-electron chi connectivity index (χ0n) is 13.1. The molecule has 0 saturated heterocycles. The lowest BCUT2D eigenvalue weighted by Crippen LogP contribution is -2.38.